The molecule has 0 aliphatic heterocycles. The van der Waals surface area contributed by atoms with Crippen LogP contribution >= 0.6 is 22.9 Å². The van der Waals surface area contributed by atoms with E-state index in [1.54, 1.807) is 18.2 Å². The van der Waals surface area contributed by atoms with Crippen molar-refractivity contribution in [2.24, 2.45) is 0 Å². The van der Waals surface area contributed by atoms with Crippen LogP contribution in [-0.4, -0.2) is 22.2 Å². The number of aromatic hydroxyl groups is 1. The number of phenolic OH excluding ortho intramolecular Hbond substituents is 1. The van der Waals surface area contributed by atoms with Crippen LogP contribution < -0.4 is 10.3 Å². The zero-order valence-corrected chi connectivity index (χ0v) is 16.3. The molecule has 2 N–H and O–H groups in total. The number of nitrogens with zero attached hydrogens (tertiary/aromatic N) is 1. The Morgan fingerprint density at radius 1 is 1.21 bits per heavy atom. The van der Waals surface area contributed by atoms with E-state index in [1.807, 2.05) is 36.4 Å². The summed E-state index contributed by atoms with van der Waals surface area (Å²) in [5, 5.41) is 10.7. The van der Waals surface area contributed by atoms with Gasteiger partial charge in [0.2, 0.25) is 0 Å². The Bertz CT molecular complexity index is 1250. The number of hydrogen-bond donors (Lipinski definition) is 2. The molecule has 0 aliphatic rings. The number of aromatic nitrogens is 2. The van der Waals surface area contributed by atoms with E-state index in [9.17, 15) is 9.90 Å². The number of rotatable bonds is 4. The maximum absolute atomic E-state index is 12.5. The molecule has 7 heteroatoms. The highest BCUT2D eigenvalue weighted by Crippen LogP contribution is 2.32. The first-order chi connectivity index (χ1) is 13.5. The SMILES string of the molecule is COc1ccc(/C=C(\Cl)c2nc3sc(-c4ccccc4)cc3c(=O)[nH]2)cc1O. The molecule has 0 saturated heterocycles. The van der Waals surface area contributed by atoms with Crippen LogP contribution in [0.1, 0.15) is 11.4 Å². The monoisotopic (exact) mass is 410 g/mol. The predicted octanol–water partition coefficient (Wildman–Crippen LogP) is 5.10. The molecular weight excluding hydrogens is 396 g/mol. The largest absolute Gasteiger partial charge is 0.504 e. The molecule has 0 bridgehead atoms. The fraction of sp³-hybridized carbons (Fsp3) is 0.0476. The predicted molar refractivity (Wildman–Crippen MR) is 114 cm³/mol. The van der Waals surface area contributed by atoms with E-state index < -0.39 is 0 Å². The molecule has 28 heavy (non-hydrogen) atoms. The highest BCUT2D eigenvalue weighted by molar-refractivity contribution is 7.21. The van der Waals surface area contributed by atoms with Crippen LogP contribution in [0.4, 0.5) is 0 Å². The van der Waals surface area contributed by atoms with Gasteiger partial charge in [-0.05, 0) is 35.4 Å². The Morgan fingerprint density at radius 2 is 2.00 bits per heavy atom. The highest BCUT2D eigenvalue weighted by atomic mass is 35.5. The Hall–Kier alpha value is -3.09. The van der Waals surface area contributed by atoms with E-state index in [0.717, 1.165) is 10.4 Å². The van der Waals surface area contributed by atoms with Crippen molar-refractivity contribution in [1.29, 1.82) is 0 Å². The molecule has 0 saturated carbocycles. The number of nitrogens with one attached hydrogen (secondary N) is 1. The lowest BCUT2D eigenvalue weighted by molar-refractivity contribution is 0.373. The standard InChI is InChI=1S/C21H15ClN2O3S/c1-27-17-8-7-12(10-16(17)25)9-15(22)19-23-20(26)14-11-18(28-21(14)24-19)13-5-3-2-4-6-13/h2-11,25H,1H3,(H,23,24,26)/b15-9-. The summed E-state index contributed by atoms with van der Waals surface area (Å²) in [6.07, 6.45) is 1.62. The first-order valence-electron chi connectivity index (χ1n) is 8.39. The third-order valence-corrected chi connectivity index (χ3v) is 5.55. The van der Waals surface area contributed by atoms with Crippen molar-refractivity contribution in [3.63, 3.8) is 0 Å². The number of phenols is 1. The lowest BCUT2D eigenvalue weighted by Crippen LogP contribution is -2.09. The summed E-state index contributed by atoms with van der Waals surface area (Å²) in [5.74, 6) is 0.646. The summed E-state index contributed by atoms with van der Waals surface area (Å²) >= 11 is 7.82. The topological polar surface area (TPSA) is 75.2 Å². The zero-order valence-electron chi connectivity index (χ0n) is 14.8. The van der Waals surface area contributed by atoms with Crippen molar-refractivity contribution >= 4 is 44.3 Å². The van der Waals surface area contributed by atoms with Crippen molar-refractivity contribution in [1.82, 2.24) is 9.97 Å². The third kappa shape index (κ3) is 3.52. The van der Waals surface area contributed by atoms with Gasteiger partial charge in [0, 0.05) is 4.88 Å². The van der Waals surface area contributed by atoms with Gasteiger partial charge in [-0.1, -0.05) is 48.0 Å². The van der Waals surface area contributed by atoms with E-state index in [2.05, 4.69) is 9.97 Å². The lowest BCUT2D eigenvalue weighted by atomic mass is 10.2. The number of ether oxygens (including phenoxy) is 1. The number of thiophene rings is 1. The normalized spacial score (nSPS) is 11.7. The minimum atomic E-state index is -0.248. The number of methoxy groups -OCH3 is 1. The molecule has 0 unspecified atom stereocenters. The number of halogens is 1. The molecule has 2 heterocycles. The summed E-state index contributed by atoms with van der Waals surface area (Å²) < 4.78 is 5.03. The Labute approximate surface area is 169 Å². The van der Waals surface area contributed by atoms with E-state index in [1.165, 1.54) is 24.5 Å². The van der Waals surface area contributed by atoms with Crippen molar-refractivity contribution in [2.45, 2.75) is 0 Å². The lowest BCUT2D eigenvalue weighted by Gasteiger charge is -2.04. The first kappa shape index (κ1) is 18.3. The molecule has 0 amide bonds. The summed E-state index contributed by atoms with van der Waals surface area (Å²) in [7, 11) is 1.48. The molecule has 0 fully saturated rings. The molecule has 0 atom stereocenters. The van der Waals surface area contributed by atoms with E-state index in [0.29, 0.717) is 21.5 Å². The minimum absolute atomic E-state index is 0.00313. The van der Waals surface area contributed by atoms with Crippen LogP contribution in [0.3, 0.4) is 0 Å². The van der Waals surface area contributed by atoms with Crippen LogP contribution in [-0.2, 0) is 0 Å². The van der Waals surface area contributed by atoms with Crippen LogP contribution in [0.2, 0.25) is 0 Å². The average molecular weight is 411 g/mol. The maximum atomic E-state index is 12.5. The number of aromatic amines is 1. The summed E-state index contributed by atoms with van der Waals surface area (Å²) in [4.78, 5) is 21.3. The van der Waals surface area contributed by atoms with E-state index in [-0.39, 0.29) is 22.2 Å². The summed E-state index contributed by atoms with van der Waals surface area (Å²) in [6, 6.07) is 16.6. The second kappa shape index (κ2) is 7.50. The molecule has 4 rings (SSSR count). The van der Waals surface area contributed by atoms with Crippen molar-refractivity contribution in [2.75, 3.05) is 7.11 Å². The van der Waals surface area contributed by atoms with Gasteiger partial charge in [0.15, 0.2) is 17.3 Å². The molecule has 4 aromatic rings. The number of hydrogen-bond acceptors (Lipinski definition) is 5. The summed E-state index contributed by atoms with van der Waals surface area (Å²) in [5.41, 5.74) is 1.44. The minimum Gasteiger partial charge on any atom is -0.504 e. The van der Waals surface area contributed by atoms with Gasteiger partial charge >= 0.3 is 0 Å². The van der Waals surface area contributed by atoms with Gasteiger partial charge in [-0.25, -0.2) is 4.98 Å². The Morgan fingerprint density at radius 3 is 2.71 bits per heavy atom. The molecule has 0 spiro atoms. The zero-order chi connectivity index (χ0) is 19.7. The highest BCUT2D eigenvalue weighted by Gasteiger charge is 2.12. The molecule has 5 nitrogen and oxygen atoms in total. The third-order valence-electron chi connectivity index (χ3n) is 4.18. The molecule has 2 aromatic carbocycles. The smallest absolute Gasteiger partial charge is 0.259 e. The Kier molecular flexibility index (Phi) is 4.90. The molecular formula is C21H15ClN2O3S. The number of H-pyrrole nitrogens is 1. The van der Waals surface area contributed by atoms with Crippen LogP contribution in [0, 0.1) is 0 Å². The van der Waals surface area contributed by atoms with Gasteiger partial charge in [0.1, 0.15) is 4.83 Å². The van der Waals surface area contributed by atoms with Crippen molar-refractivity contribution in [3.05, 3.63) is 76.3 Å². The molecule has 2 aromatic heterocycles. The van der Waals surface area contributed by atoms with Crippen LogP contribution in [0.25, 0.3) is 31.8 Å². The summed E-state index contributed by atoms with van der Waals surface area (Å²) in [6.45, 7) is 0. The van der Waals surface area contributed by atoms with Crippen molar-refractivity contribution < 1.29 is 9.84 Å². The van der Waals surface area contributed by atoms with Gasteiger partial charge in [-0.2, -0.15) is 0 Å². The quantitative estimate of drug-likeness (QED) is 0.490. The number of benzene rings is 2. The fourth-order valence-electron chi connectivity index (χ4n) is 2.80. The Balaban J connectivity index is 1.74. The van der Waals surface area contributed by atoms with Gasteiger partial charge in [-0.15, -0.1) is 11.3 Å². The maximum Gasteiger partial charge on any atom is 0.259 e. The van der Waals surface area contributed by atoms with Gasteiger partial charge in [-0.3, -0.25) is 4.79 Å². The molecule has 0 aliphatic carbocycles. The van der Waals surface area contributed by atoms with Gasteiger partial charge < -0.3 is 14.8 Å². The second-order valence-corrected chi connectivity index (χ2v) is 7.47. The fourth-order valence-corrected chi connectivity index (χ4v) is 4.05. The van der Waals surface area contributed by atoms with E-state index >= 15 is 0 Å². The molecule has 0 radical (unpaired) electrons. The van der Waals surface area contributed by atoms with E-state index in [4.69, 9.17) is 16.3 Å². The average Bonchev–Trinajstić information content (AvgIpc) is 3.14. The van der Waals surface area contributed by atoms with Gasteiger partial charge in [0.05, 0.1) is 17.5 Å². The van der Waals surface area contributed by atoms with Crippen LogP contribution in [0.5, 0.6) is 11.5 Å². The first-order valence-corrected chi connectivity index (χ1v) is 9.58. The van der Waals surface area contributed by atoms with Crippen LogP contribution in [0.15, 0.2) is 59.4 Å². The van der Waals surface area contributed by atoms with Gasteiger partial charge in [0.25, 0.3) is 5.56 Å². The molecule has 140 valence electrons. The van der Waals surface area contributed by atoms with Crippen molar-refractivity contribution in [3.8, 4) is 21.9 Å². The second-order valence-electron chi connectivity index (χ2n) is 6.03. The number of fused-ring (bicyclic) bond motifs is 1.